The Morgan fingerprint density at radius 1 is 1.40 bits per heavy atom. The van der Waals surface area contributed by atoms with E-state index in [0.717, 1.165) is 18.2 Å². The molecule has 0 aliphatic rings. The summed E-state index contributed by atoms with van der Waals surface area (Å²) in [7, 11) is 0. The van der Waals surface area contributed by atoms with Gasteiger partial charge in [0.1, 0.15) is 0 Å². The molecule has 0 radical (unpaired) electrons. The lowest BCUT2D eigenvalue weighted by Crippen LogP contribution is -2.07. The summed E-state index contributed by atoms with van der Waals surface area (Å²) >= 11 is 3.53. The molecule has 1 aromatic rings. The van der Waals surface area contributed by atoms with Crippen LogP contribution in [0, 0.1) is 5.92 Å². The van der Waals surface area contributed by atoms with Crippen molar-refractivity contribution in [3.8, 4) is 0 Å². The van der Waals surface area contributed by atoms with Gasteiger partial charge in [0.2, 0.25) is 0 Å². The Hall–Kier alpha value is -0.370. The first-order valence-corrected chi connectivity index (χ1v) is 6.80. The minimum Gasteiger partial charge on any atom is -0.261 e. The van der Waals surface area contributed by atoms with Crippen LogP contribution in [0.1, 0.15) is 44.4 Å². The predicted octanol–water partition coefficient (Wildman–Crippen LogP) is 4.17. The Balaban J connectivity index is 2.86. The molecule has 0 N–H and O–H groups in total. The van der Waals surface area contributed by atoms with Crippen LogP contribution >= 0.6 is 15.9 Å². The first-order valence-electron chi connectivity index (χ1n) is 5.68. The number of rotatable bonds is 5. The van der Waals surface area contributed by atoms with Crippen LogP contribution in [-0.4, -0.2) is 10.3 Å². The zero-order valence-electron chi connectivity index (χ0n) is 9.83. The van der Waals surface area contributed by atoms with Crippen LogP contribution in [0.4, 0.5) is 0 Å². The van der Waals surface area contributed by atoms with Crippen molar-refractivity contribution in [2.75, 3.05) is 5.33 Å². The molecule has 1 heterocycles. The van der Waals surface area contributed by atoms with Gasteiger partial charge in [0.25, 0.3) is 0 Å². The fraction of sp³-hybridized carbons (Fsp3) is 0.615. The molecule has 1 nitrogen and oxygen atoms in total. The van der Waals surface area contributed by atoms with E-state index < -0.39 is 0 Å². The molecule has 0 bridgehead atoms. The van der Waals surface area contributed by atoms with Gasteiger partial charge in [0.05, 0.1) is 0 Å². The number of halogens is 1. The number of hydrogen-bond acceptors (Lipinski definition) is 1. The molecule has 0 spiro atoms. The van der Waals surface area contributed by atoms with E-state index in [9.17, 15) is 0 Å². The summed E-state index contributed by atoms with van der Waals surface area (Å²) in [6, 6.07) is 4.26. The SMILES string of the molecule is CCC(C)c1ncccc1CC(C)CBr. The number of hydrogen-bond donors (Lipinski definition) is 0. The van der Waals surface area contributed by atoms with Gasteiger partial charge in [-0.1, -0.05) is 42.8 Å². The van der Waals surface area contributed by atoms with E-state index in [1.807, 2.05) is 12.3 Å². The van der Waals surface area contributed by atoms with E-state index in [-0.39, 0.29) is 0 Å². The highest BCUT2D eigenvalue weighted by Gasteiger charge is 2.11. The molecule has 0 saturated heterocycles. The second-order valence-electron chi connectivity index (χ2n) is 4.32. The largest absolute Gasteiger partial charge is 0.261 e. The predicted molar refractivity (Wildman–Crippen MR) is 69.6 cm³/mol. The Bertz CT molecular complexity index is 298. The van der Waals surface area contributed by atoms with E-state index in [1.165, 1.54) is 11.3 Å². The second kappa shape index (κ2) is 6.26. The van der Waals surface area contributed by atoms with Crippen molar-refractivity contribution in [1.29, 1.82) is 0 Å². The maximum atomic E-state index is 4.52. The highest BCUT2D eigenvalue weighted by atomic mass is 79.9. The molecule has 0 saturated carbocycles. The smallest absolute Gasteiger partial charge is 0.0463 e. The van der Waals surface area contributed by atoms with Crippen LogP contribution in [0.2, 0.25) is 0 Å². The second-order valence-corrected chi connectivity index (χ2v) is 4.97. The average Bonchev–Trinajstić information content (AvgIpc) is 2.28. The summed E-state index contributed by atoms with van der Waals surface area (Å²) in [5, 5.41) is 1.06. The molecule has 0 aromatic carbocycles. The highest BCUT2D eigenvalue weighted by molar-refractivity contribution is 9.09. The van der Waals surface area contributed by atoms with Crippen molar-refractivity contribution >= 4 is 15.9 Å². The monoisotopic (exact) mass is 269 g/mol. The van der Waals surface area contributed by atoms with Crippen LogP contribution in [0.25, 0.3) is 0 Å². The van der Waals surface area contributed by atoms with Crippen molar-refractivity contribution in [2.24, 2.45) is 5.92 Å². The van der Waals surface area contributed by atoms with Crippen molar-refractivity contribution in [3.05, 3.63) is 29.6 Å². The lowest BCUT2D eigenvalue weighted by atomic mass is 9.94. The van der Waals surface area contributed by atoms with Crippen LogP contribution in [0.15, 0.2) is 18.3 Å². The molecule has 1 aromatic heterocycles. The molecule has 0 amide bonds. The van der Waals surface area contributed by atoms with Crippen molar-refractivity contribution in [3.63, 3.8) is 0 Å². The van der Waals surface area contributed by atoms with E-state index in [1.54, 1.807) is 0 Å². The van der Waals surface area contributed by atoms with Gasteiger partial charge in [0, 0.05) is 17.2 Å². The summed E-state index contributed by atoms with van der Waals surface area (Å²) in [5.74, 6) is 1.25. The summed E-state index contributed by atoms with van der Waals surface area (Å²) in [4.78, 5) is 4.52. The summed E-state index contributed by atoms with van der Waals surface area (Å²) in [6.07, 6.45) is 4.19. The minimum atomic E-state index is 0.573. The normalized spacial score (nSPS) is 14.9. The van der Waals surface area contributed by atoms with E-state index >= 15 is 0 Å². The fourth-order valence-corrected chi connectivity index (χ4v) is 1.92. The maximum Gasteiger partial charge on any atom is 0.0463 e. The lowest BCUT2D eigenvalue weighted by Gasteiger charge is -2.15. The molecule has 0 aliphatic heterocycles. The minimum absolute atomic E-state index is 0.573. The van der Waals surface area contributed by atoms with Crippen molar-refractivity contribution in [2.45, 2.75) is 39.5 Å². The van der Waals surface area contributed by atoms with Gasteiger partial charge in [0.15, 0.2) is 0 Å². The molecule has 1 rings (SSSR count). The quantitative estimate of drug-likeness (QED) is 0.732. The fourth-order valence-electron chi connectivity index (χ4n) is 1.69. The van der Waals surface area contributed by atoms with Gasteiger partial charge in [-0.15, -0.1) is 0 Å². The van der Waals surface area contributed by atoms with Gasteiger partial charge < -0.3 is 0 Å². The molecular formula is C13H20BrN. The first kappa shape index (κ1) is 12.7. The van der Waals surface area contributed by atoms with Crippen LogP contribution in [-0.2, 0) is 6.42 Å². The number of nitrogens with zero attached hydrogens (tertiary/aromatic N) is 1. The van der Waals surface area contributed by atoms with Gasteiger partial charge in [-0.25, -0.2) is 0 Å². The molecule has 2 atom stereocenters. The van der Waals surface area contributed by atoms with Gasteiger partial charge in [-0.05, 0) is 36.3 Å². The van der Waals surface area contributed by atoms with Crippen LogP contribution in [0.5, 0.6) is 0 Å². The highest BCUT2D eigenvalue weighted by Crippen LogP contribution is 2.22. The zero-order valence-corrected chi connectivity index (χ0v) is 11.4. The first-order chi connectivity index (χ1) is 7.19. The molecular weight excluding hydrogens is 250 g/mol. The topological polar surface area (TPSA) is 12.9 Å². The standard InChI is InChI=1S/C13H20BrN/c1-4-11(3)13-12(6-5-7-15-13)8-10(2)9-14/h5-7,10-11H,4,8-9H2,1-3H3. The average molecular weight is 270 g/mol. The van der Waals surface area contributed by atoms with E-state index in [0.29, 0.717) is 11.8 Å². The Kier molecular flexibility index (Phi) is 5.30. The summed E-state index contributed by atoms with van der Waals surface area (Å²) < 4.78 is 0. The van der Waals surface area contributed by atoms with Crippen molar-refractivity contribution < 1.29 is 0 Å². The van der Waals surface area contributed by atoms with Gasteiger partial charge >= 0.3 is 0 Å². The molecule has 0 aliphatic carbocycles. The van der Waals surface area contributed by atoms with Crippen LogP contribution < -0.4 is 0 Å². The van der Waals surface area contributed by atoms with Gasteiger partial charge in [-0.3, -0.25) is 4.98 Å². The lowest BCUT2D eigenvalue weighted by molar-refractivity contribution is 0.632. The molecule has 0 fully saturated rings. The number of pyridine rings is 1. The third-order valence-corrected chi connectivity index (χ3v) is 3.94. The van der Waals surface area contributed by atoms with Crippen LogP contribution in [0.3, 0.4) is 0 Å². The Morgan fingerprint density at radius 2 is 2.13 bits per heavy atom. The summed E-state index contributed by atoms with van der Waals surface area (Å²) in [6.45, 7) is 6.74. The Morgan fingerprint density at radius 3 is 2.73 bits per heavy atom. The maximum absolute atomic E-state index is 4.52. The third kappa shape index (κ3) is 3.60. The van der Waals surface area contributed by atoms with Crippen molar-refractivity contribution in [1.82, 2.24) is 4.98 Å². The molecule has 15 heavy (non-hydrogen) atoms. The van der Waals surface area contributed by atoms with E-state index in [4.69, 9.17) is 0 Å². The number of alkyl halides is 1. The molecule has 84 valence electrons. The zero-order chi connectivity index (χ0) is 11.3. The van der Waals surface area contributed by atoms with E-state index in [2.05, 4.69) is 47.8 Å². The summed E-state index contributed by atoms with van der Waals surface area (Å²) in [5.41, 5.74) is 2.70. The third-order valence-electron chi connectivity index (χ3n) is 2.84. The molecule has 2 heteroatoms. The Labute approximate surface area is 101 Å². The molecule has 2 unspecified atom stereocenters. The number of aromatic nitrogens is 1. The van der Waals surface area contributed by atoms with Gasteiger partial charge in [-0.2, -0.15) is 0 Å².